The molecule has 0 amide bonds. The third-order valence-corrected chi connectivity index (χ3v) is 5.19. The van der Waals surface area contributed by atoms with Crippen LogP contribution in [-0.4, -0.2) is 25.3 Å². The molecule has 0 aromatic heterocycles. The number of hydrogen-bond acceptors (Lipinski definition) is 3. The predicted octanol–water partition coefficient (Wildman–Crippen LogP) is 2.47. The molecule has 0 atom stereocenters. The summed E-state index contributed by atoms with van der Waals surface area (Å²) in [4.78, 5) is 0.239. The molecule has 2 N–H and O–H groups in total. The minimum absolute atomic E-state index is 0.133. The lowest BCUT2D eigenvalue weighted by molar-refractivity contribution is 0.383. The first-order chi connectivity index (χ1) is 8.71. The highest BCUT2D eigenvalue weighted by Crippen LogP contribution is 2.25. The average molecular weight is 282 g/mol. The van der Waals surface area contributed by atoms with Crippen molar-refractivity contribution in [1.82, 2.24) is 4.31 Å². The highest BCUT2D eigenvalue weighted by atomic mass is 32.2. The van der Waals surface area contributed by atoms with Crippen molar-refractivity contribution >= 4 is 15.7 Å². The van der Waals surface area contributed by atoms with E-state index in [1.54, 1.807) is 12.1 Å². The number of nitrogens with zero attached hydrogens (tertiary/aromatic N) is 1. The highest BCUT2D eigenvalue weighted by Gasteiger charge is 2.26. The number of aryl methyl sites for hydroxylation is 1. The van der Waals surface area contributed by atoms with Gasteiger partial charge in [0.1, 0.15) is 0 Å². The number of nitrogens with two attached hydrogens (primary N) is 1. The zero-order chi connectivity index (χ0) is 14.8. The van der Waals surface area contributed by atoms with E-state index >= 15 is 0 Å². The van der Waals surface area contributed by atoms with E-state index in [0.717, 1.165) is 11.1 Å². The monoisotopic (exact) mass is 282 g/mol. The molecule has 4 nitrogen and oxygen atoms in total. The molecule has 5 heteroatoms. The van der Waals surface area contributed by atoms with Gasteiger partial charge >= 0.3 is 0 Å². The molecule has 0 aliphatic rings. The van der Waals surface area contributed by atoms with Crippen LogP contribution in [0.5, 0.6) is 0 Å². The van der Waals surface area contributed by atoms with Crippen molar-refractivity contribution in [1.29, 1.82) is 0 Å². The first-order valence-electron chi connectivity index (χ1n) is 6.21. The number of hydrogen-bond donors (Lipinski definition) is 1. The van der Waals surface area contributed by atoms with Crippen LogP contribution in [0.25, 0.3) is 0 Å². The SMILES string of the molecule is C=CCN(C(C)C)S(=O)(=O)c1cc(C)c(C)c(N)c1. The summed E-state index contributed by atoms with van der Waals surface area (Å²) < 4.78 is 26.6. The van der Waals surface area contributed by atoms with Gasteiger partial charge in [0.2, 0.25) is 10.0 Å². The second-order valence-corrected chi connectivity index (χ2v) is 6.80. The second kappa shape index (κ2) is 5.75. The van der Waals surface area contributed by atoms with Gasteiger partial charge in [-0.2, -0.15) is 4.31 Å². The Morgan fingerprint density at radius 2 is 1.95 bits per heavy atom. The Morgan fingerprint density at radius 3 is 2.37 bits per heavy atom. The molecule has 0 aliphatic heterocycles. The van der Waals surface area contributed by atoms with Gasteiger partial charge in [-0.05, 0) is 51.0 Å². The fourth-order valence-electron chi connectivity index (χ4n) is 1.85. The molecule has 0 bridgehead atoms. The lowest BCUT2D eigenvalue weighted by Gasteiger charge is -2.25. The number of rotatable bonds is 5. The zero-order valence-electron chi connectivity index (χ0n) is 12.0. The number of nitrogen functional groups attached to an aromatic ring is 1. The van der Waals surface area contributed by atoms with Gasteiger partial charge in [-0.15, -0.1) is 6.58 Å². The molecule has 0 saturated carbocycles. The van der Waals surface area contributed by atoms with E-state index in [0.29, 0.717) is 5.69 Å². The van der Waals surface area contributed by atoms with Crippen LogP contribution in [0.4, 0.5) is 5.69 Å². The average Bonchev–Trinajstić information content (AvgIpc) is 2.31. The van der Waals surface area contributed by atoms with E-state index in [4.69, 9.17) is 5.73 Å². The van der Waals surface area contributed by atoms with Crippen LogP contribution in [0.15, 0.2) is 29.7 Å². The van der Waals surface area contributed by atoms with Gasteiger partial charge in [0.15, 0.2) is 0 Å². The van der Waals surface area contributed by atoms with Crippen molar-refractivity contribution in [3.8, 4) is 0 Å². The van der Waals surface area contributed by atoms with Crippen molar-refractivity contribution in [3.05, 3.63) is 35.9 Å². The van der Waals surface area contributed by atoms with E-state index in [1.165, 1.54) is 10.4 Å². The summed E-state index contributed by atoms with van der Waals surface area (Å²) in [5.74, 6) is 0. The van der Waals surface area contributed by atoms with E-state index in [-0.39, 0.29) is 17.5 Å². The topological polar surface area (TPSA) is 63.4 Å². The molecule has 106 valence electrons. The van der Waals surface area contributed by atoms with Crippen LogP contribution in [0.3, 0.4) is 0 Å². The fraction of sp³-hybridized carbons (Fsp3) is 0.429. The van der Waals surface area contributed by atoms with Crippen LogP contribution in [0.2, 0.25) is 0 Å². The summed E-state index contributed by atoms with van der Waals surface area (Å²) in [5, 5.41) is 0. The molecular weight excluding hydrogens is 260 g/mol. The summed E-state index contributed by atoms with van der Waals surface area (Å²) in [6.07, 6.45) is 1.59. The van der Waals surface area contributed by atoms with Crippen molar-refractivity contribution in [2.75, 3.05) is 12.3 Å². The maximum Gasteiger partial charge on any atom is 0.243 e. The summed E-state index contributed by atoms with van der Waals surface area (Å²) in [6, 6.07) is 3.06. The first kappa shape index (κ1) is 15.7. The molecule has 0 fully saturated rings. The Hall–Kier alpha value is -1.33. The minimum atomic E-state index is -3.54. The molecule has 1 aromatic carbocycles. The maximum atomic E-state index is 12.6. The maximum absolute atomic E-state index is 12.6. The van der Waals surface area contributed by atoms with Gasteiger partial charge in [0.25, 0.3) is 0 Å². The van der Waals surface area contributed by atoms with Crippen molar-refractivity contribution in [2.24, 2.45) is 0 Å². The molecule has 0 spiro atoms. The second-order valence-electron chi connectivity index (χ2n) is 4.91. The number of sulfonamides is 1. The molecule has 1 rings (SSSR count). The van der Waals surface area contributed by atoms with Gasteiger partial charge in [-0.1, -0.05) is 6.08 Å². The van der Waals surface area contributed by atoms with Gasteiger partial charge in [0, 0.05) is 18.3 Å². The molecule has 0 radical (unpaired) electrons. The smallest absolute Gasteiger partial charge is 0.243 e. The lowest BCUT2D eigenvalue weighted by atomic mass is 10.1. The number of benzene rings is 1. The predicted molar refractivity (Wildman–Crippen MR) is 79.6 cm³/mol. The molecule has 19 heavy (non-hydrogen) atoms. The van der Waals surface area contributed by atoms with Crippen molar-refractivity contribution in [3.63, 3.8) is 0 Å². The van der Waals surface area contributed by atoms with E-state index in [9.17, 15) is 8.42 Å². The molecule has 1 aromatic rings. The van der Waals surface area contributed by atoms with Gasteiger partial charge < -0.3 is 5.73 Å². The summed E-state index contributed by atoms with van der Waals surface area (Å²) in [5.41, 5.74) is 8.16. The quantitative estimate of drug-likeness (QED) is 0.666. The molecule has 0 unspecified atom stereocenters. The Morgan fingerprint density at radius 1 is 1.37 bits per heavy atom. The van der Waals surface area contributed by atoms with Crippen LogP contribution < -0.4 is 5.73 Å². The standard InChI is InChI=1S/C14H22N2O2S/c1-6-7-16(10(2)3)19(17,18)13-8-11(4)12(5)14(15)9-13/h6,8-10H,1,7,15H2,2-5H3. The normalized spacial score (nSPS) is 12.1. The fourth-order valence-corrected chi connectivity index (χ4v) is 3.58. The van der Waals surface area contributed by atoms with E-state index in [2.05, 4.69) is 6.58 Å². The van der Waals surface area contributed by atoms with Gasteiger partial charge in [0.05, 0.1) is 4.90 Å². The third-order valence-electron chi connectivity index (χ3n) is 3.17. The summed E-state index contributed by atoms with van der Waals surface area (Å²) >= 11 is 0. The Kier molecular flexibility index (Phi) is 4.76. The largest absolute Gasteiger partial charge is 0.398 e. The van der Waals surface area contributed by atoms with Gasteiger partial charge in [-0.3, -0.25) is 0 Å². The zero-order valence-corrected chi connectivity index (χ0v) is 12.8. The Balaban J connectivity index is 3.37. The summed E-state index contributed by atoms with van der Waals surface area (Å²) in [7, 11) is -3.54. The number of anilines is 1. The summed E-state index contributed by atoms with van der Waals surface area (Å²) in [6.45, 7) is 11.3. The van der Waals surface area contributed by atoms with E-state index in [1.807, 2.05) is 27.7 Å². The van der Waals surface area contributed by atoms with Crippen molar-refractivity contribution < 1.29 is 8.42 Å². The Bertz CT molecular complexity index is 554. The molecule has 0 aliphatic carbocycles. The lowest BCUT2D eigenvalue weighted by Crippen LogP contribution is -2.37. The van der Waals surface area contributed by atoms with Crippen LogP contribution >= 0.6 is 0 Å². The molecule has 0 heterocycles. The minimum Gasteiger partial charge on any atom is -0.398 e. The molecular formula is C14H22N2O2S. The van der Waals surface area contributed by atoms with Crippen LogP contribution in [-0.2, 0) is 10.0 Å². The first-order valence-corrected chi connectivity index (χ1v) is 7.65. The third kappa shape index (κ3) is 3.16. The Labute approximate surface area is 116 Å². The van der Waals surface area contributed by atoms with Gasteiger partial charge in [-0.25, -0.2) is 8.42 Å². The van der Waals surface area contributed by atoms with E-state index < -0.39 is 10.0 Å². The van der Waals surface area contributed by atoms with Crippen LogP contribution in [0.1, 0.15) is 25.0 Å². The van der Waals surface area contributed by atoms with Crippen LogP contribution in [0, 0.1) is 13.8 Å². The van der Waals surface area contributed by atoms with Crippen molar-refractivity contribution in [2.45, 2.75) is 38.6 Å². The molecule has 0 saturated heterocycles. The highest BCUT2D eigenvalue weighted by molar-refractivity contribution is 7.89.